The maximum atomic E-state index is 12.3. The molecule has 8 heteroatoms. The molecule has 1 unspecified atom stereocenters. The van der Waals surface area contributed by atoms with Gasteiger partial charge in [0, 0.05) is 18.5 Å². The van der Waals surface area contributed by atoms with E-state index < -0.39 is 13.8 Å². The van der Waals surface area contributed by atoms with E-state index in [0.29, 0.717) is 11.0 Å². The van der Waals surface area contributed by atoms with Gasteiger partial charge in [0.05, 0.1) is 6.54 Å². The van der Waals surface area contributed by atoms with E-state index in [9.17, 15) is 19.4 Å². The van der Waals surface area contributed by atoms with Crippen LogP contribution in [0.3, 0.4) is 0 Å². The van der Waals surface area contributed by atoms with Crippen LogP contribution < -0.4 is 20.6 Å². The zero-order valence-corrected chi connectivity index (χ0v) is 15.0. The van der Waals surface area contributed by atoms with Gasteiger partial charge in [-0.15, -0.1) is 0 Å². The number of aliphatic carboxylic acids is 1. The van der Waals surface area contributed by atoms with Gasteiger partial charge in [0.25, 0.3) is 0 Å². The van der Waals surface area contributed by atoms with Gasteiger partial charge in [-0.3, -0.25) is 9.59 Å². The van der Waals surface area contributed by atoms with Gasteiger partial charge in [0.1, 0.15) is 5.30 Å². The summed E-state index contributed by atoms with van der Waals surface area (Å²) in [6, 6.07) is 15.2. The van der Waals surface area contributed by atoms with Crippen molar-refractivity contribution < 1.29 is 24.5 Å². The summed E-state index contributed by atoms with van der Waals surface area (Å²) >= 11 is 0. The third kappa shape index (κ3) is 6.54. The maximum Gasteiger partial charge on any atom is 0.303 e. The number of rotatable bonds is 9. The van der Waals surface area contributed by atoms with Crippen molar-refractivity contribution in [2.24, 2.45) is 0 Å². The zero-order chi connectivity index (χ0) is 19.0. The maximum absolute atomic E-state index is 12.3. The van der Waals surface area contributed by atoms with Gasteiger partial charge < -0.3 is 15.3 Å². The van der Waals surface area contributed by atoms with Crippen LogP contribution in [-0.4, -0.2) is 21.9 Å². The molecule has 0 aromatic heterocycles. The molecule has 0 radical (unpaired) electrons. The fourth-order valence-corrected chi connectivity index (χ4v) is 3.41. The molecule has 1 amide bonds. The lowest BCUT2D eigenvalue weighted by Gasteiger charge is -2.23. The standard InChI is InChI=1S/C18H21N2O5P/c21-17(7-4-8-18(22)23)20-15-11-9-14(10-12-15)13-19-26(24,25)16-5-2-1-3-6-16/h1-3,5-6,9-12H,4,7-8,13H2,(H,20,21)(H,22,23)(H2,19,24,25). The van der Waals surface area contributed by atoms with Crippen molar-refractivity contribution in [3.05, 3.63) is 60.2 Å². The molecule has 0 saturated heterocycles. The van der Waals surface area contributed by atoms with Gasteiger partial charge in [-0.25, -0.2) is 4.89 Å². The minimum Gasteiger partial charge on any atom is -0.637 e. The Morgan fingerprint density at radius 2 is 1.65 bits per heavy atom. The molecule has 0 fully saturated rings. The topological polar surface area (TPSA) is 122 Å². The Kier molecular flexibility index (Phi) is 7.24. The molecular weight excluding hydrogens is 355 g/mol. The molecule has 1 atom stereocenters. The molecule has 2 aromatic carbocycles. The smallest absolute Gasteiger partial charge is 0.303 e. The summed E-state index contributed by atoms with van der Waals surface area (Å²) in [5, 5.41) is 14.2. The van der Waals surface area contributed by atoms with Crippen LogP contribution in [0.2, 0.25) is 0 Å². The van der Waals surface area contributed by atoms with Crippen LogP contribution in [0.1, 0.15) is 24.8 Å². The van der Waals surface area contributed by atoms with E-state index in [1.807, 2.05) is 0 Å². The van der Waals surface area contributed by atoms with E-state index in [1.54, 1.807) is 54.6 Å². The van der Waals surface area contributed by atoms with Crippen molar-refractivity contribution in [2.75, 3.05) is 5.32 Å². The lowest BCUT2D eigenvalue weighted by molar-refractivity contribution is -0.187. The van der Waals surface area contributed by atoms with E-state index in [2.05, 4.69) is 10.4 Å². The Labute approximate surface area is 152 Å². The Balaban J connectivity index is 1.83. The van der Waals surface area contributed by atoms with E-state index in [4.69, 9.17) is 5.11 Å². The number of hydrogen-bond donors (Lipinski definition) is 4. The number of carbonyl (C=O) groups excluding carboxylic acids is 1. The highest BCUT2D eigenvalue weighted by atomic mass is 31.2. The Bertz CT molecular complexity index is 735. The normalized spacial score (nSPS) is 13.0. The molecule has 0 spiro atoms. The third-order valence-electron chi connectivity index (χ3n) is 3.64. The largest absolute Gasteiger partial charge is 0.637 e. The Morgan fingerprint density at radius 3 is 2.27 bits per heavy atom. The molecule has 26 heavy (non-hydrogen) atoms. The Morgan fingerprint density at radius 1 is 1.00 bits per heavy atom. The molecule has 2 rings (SSSR count). The summed E-state index contributed by atoms with van der Waals surface area (Å²) in [5.41, 5.74) is 1.38. The number of carboxylic acids is 1. The first-order valence-electron chi connectivity index (χ1n) is 8.11. The van der Waals surface area contributed by atoms with Crippen molar-refractivity contribution in [1.82, 2.24) is 5.09 Å². The summed E-state index contributed by atoms with van der Waals surface area (Å²) in [6.07, 6.45) is 0.384. The molecule has 4 N–H and O–H groups in total. The van der Waals surface area contributed by atoms with Crippen LogP contribution >= 0.6 is 7.87 Å². The first-order valence-corrected chi connectivity index (χ1v) is 9.77. The first-order chi connectivity index (χ1) is 12.4. The molecule has 0 aliphatic heterocycles. The summed E-state index contributed by atoms with van der Waals surface area (Å²) in [7, 11) is -3.63. The van der Waals surface area contributed by atoms with Crippen molar-refractivity contribution in [3.63, 3.8) is 0 Å². The fraction of sp³-hybridized carbons (Fsp3) is 0.222. The summed E-state index contributed by atoms with van der Waals surface area (Å²) in [4.78, 5) is 44.5. The van der Waals surface area contributed by atoms with Crippen molar-refractivity contribution in [2.45, 2.75) is 25.8 Å². The van der Waals surface area contributed by atoms with Crippen LogP contribution in [0.25, 0.3) is 0 Å². The average Bonchev–Trinajstić information content (AvgIpc) is 2.61. The third-order valence-corrected chi connectivity index (χ3v) is 5.22. The molecule has 0 bridgehead atoms. The zero-order valence-electron chi connectivity index (χ0n) is 14.1. The minimum atomic E-state index is -3.63. The fourth-order valence-electron chi connectivity index (χ4n) is 2.25. The monoisotopic (exact) mass is 376 g/mol. The van der Waals surface area contributed by atoms with Crippen LogP contribution in [0.15, 0.2) is 54.6 Å². The molecule has 7 nitrogen and oxygen atoms in total. The second-order valence-corrected chi connectivity index (χ2v) is 7.72. The SMILES string of the molecule is O=C(O)CCCC(=O)Nc1ccc(CN[P+]([O-])(O)c2ccccc2)cc1. The average molecular weight is 376 g/mol. The predicted molar refractivity (Wildman–Crippen MR) is 98.6 cm³/mol. The Hall–Kier alpha value is -2.31. The molecule has 0 aliphatic rings. The van der Waals surface area contributed by atoms with Gasteiger partial charge in [-0.05, 0) is 36.2 Å². The van der Waals surface area contributed by atoms with Crippen LogP contribution in [0.4, 0.5) is 5.69 Å². The van der Waals surface area contributed by atoms with Crippen LogP contribution in [-0.2, 0) is 16.1 Å². The van der Waals surface area contributed by atoms with Crippen molar-refractivity contribution in [3.8, 4) is 0 Å². The summed E-state index contributed by atoms with van der Waals surface area (Å²) < 4.78 is 0. The van der Waals surface area contributed by atoms with E-state index in [-0.39, 0.29) is 31.7 Å². The second kappa shape index (κ2) is 9.40. The van der Waals surface area contributed by atoms with E-state index in [0.717, 1.165) is 5.56 Å². The number of nitrogens with one attached hydrogen (secondary N) is 2. The van der Waals surface area contributed by atoms with Gasteiger partial charge >= 0.3 is 5.97 Å². The molecule has 0 saturated carbocycles. The highest BCUT2D eigenvalue weighted by Crippen LogP contribution is 2.38. The van der Waals surface area contributed by atoms with Gasteiger partial charge in [0.2, 0.25) is 13.8 Å². The predicted octanol–water partition coefficient (Wildman–Crippen LogP) is 1.41. The van der Waals surface area contributed by atoms with Crippen LogP contribution in [0.5, 0.6) is 0 Å². The molecule has 138 valence electrons. The molecule has 0 aliphatic carbocycles. The van der Waals surface area contributed by atoms with Gasteiger partial charge in [0.15, 0.2) is 0 Å². The number of hydrogen-bond acceptors (Lipinski definition) is 5. The molecule has 0 heterocycles. The number of carboxylic acid groups (broad SMARTS) is 1. The van der Waals surface area contributed by atoms with Gasteiger partial charge in [-0.1, -0.05) is 30.3 Å². The number of amides is 1. The van der Waals surface area contributed by atoms with Gasteiger partial charge in [-0.2, -0.15) is 5.09 Å². The highest BCUT2D eigenvalue weighted by Gasteiger charge is 2.25. The summed E-state index contributed by atoms with van der Waals surface area (Å²) in [6.45, 7) is 0.204. The first kappa shape index (κ1) is 20.0. The summed E-state index contributed by atoms with van der Waals surface area (Å²) in [5.74, 6) is -1.17. The van der Waals surface area contributed by atoms with Crippen LogP contribution in [0, 0.1) is 0 Å². The minimum absolute atomic E-state index is 0.0410. The number of benzene rings is 2. The second-order valence-electron chi connectivity index (χ2n) is 5.74. The number of carbonyl (C=O) groups is 2. The molecule has 2 aromatic rings. The molecular formula is C18H21N2O5P. The highest BCUT2D eigenvalue weighted by molar-refractivity contribution is 7.69. The van der Waals surface area contributed by atoms with Crippen molar-refractivity contribution in [1.29, 1.82) is 0 Å². The van der Waals surface area contributed by atoms with E-state index in [1.165, 1.54) is 0 Å². The lowest BCUT2D eigenvalue weighted by Crippen LogP contribution is -2.33. The number of anilines is 1. The quantitative estimate of drug-likeness (QED) is 0.491. The van der Waals surface area contributed by atoms with E-state index >= 15 is 0 Å². The lowest BCUT2D eigenvalue weighted by atomic mass is 10.2. The van der Waals surface area contributed by atoms with Crippen molar-refractivity contribution >= 4 is 30.7 Å².